The third kappa shape index (κ3) is 3.73. The van der Waals surface area contributed by atoms with Gasteiger partial charge in [-0.15, -0.1) is 11.3 Å². The Morgan fingerprint density at radius 3 is 2.39 bits per heavy atom. The van der Waals surface area contributed by atoms with Crippen molar-refractivity contribution in [2.75, 3.05) is 27.8 Å². The molecule has 2 aromatic rings. The van der Waals surface area contributed by atoms with E-state index in [2.05, 4.69) is 18.8 Å². The summed E-state index contributed by atoms with van der Waals surface area (Å²) in [6.07, 6.45) is 1.68. The Morgan fingerprint density at radius 2 is 1.82 bits per heavy atom. The van der Waals surface area contributed by atoms with Gasteiger partial charge in [-0.25, -0.2) is 9.59 Å². The van der Waals surface area contributed by atoms with Gasteiger partial charge in [-0.3, -0.25) is 0 Å². The minimum Gasteiger partial charge on any atom is -0.482 e. The molecule has 8 nitrogen and oxygen atoms in total. The Bertz CT molecular complexity index is 1020. The second kappa shape index (κ2) is 8.09. The number of methoxy groups -OCH3 is 1. The molecule has 3 aliphatic heterocycles. The number of thiophene rings is 1. The molecule has 2 unspecified atom stereocenters. The SMILES string of the molecule is COC(=O)COc1ccc(C(O)(C(=O)OC2C[C@@H]3[C@H]4O[C@H]4[C@H](C2)[N+]3(C)C)c2cccs2)cc1. The van der Waals surface area contributed by atoms with Crippen LogP contribution in [0.3, 0.4) is 0 Å². The molecule has 6 atom stereocenters. The van der Waals surface area contributed by atoms with Crippen LogP contribution in [0.15, 0.2) is 41.8 Å². The van der Waals surface area contributed by atoms with Crippen LogP contribution >= 0.6 is 11.3 Å². The zero-order chi connectivity index (χ0) is 23.4. The van der Waals surface area contributed by atoms with Crippen molar-refractivity contribution in [3.05, 3.63) is 52.2 Å². The van der Waals surface area contributed by atoms with E-state index in [1.807, 2.05) is 5.38 Å². The number of epoxide rings is 1. The molecule has 2 bridgehead atoms. The topological polar surface area (TPSA) is 94.6 Å². The lowest BCUT2D eigenvalue weighted by Gasteiger charge is -2.45. The predicted octanol–water partition coefficient (Wildman–Crippen LogP) is 1.84. The molecule has 1 aromatic heterocycles. The minimum absolute atomic E-state index is 0.225. The lowest BCUT2D eigenvalue weighted by Crippen LogP contribution is -2.60. The molecule has 33 heavy (non-hydrogen) atoms. The summed E-state index contributed by atoms with van der Waals surface area (Å²) < 4.78 is 22.6. The summed E-state index contributed by atoms with van der Waals surface area (Å²) in [4.78, 5) is 25.3. The number of carbonyl (C=O) groups is 2. The number of hydrogen-bond acceptors (Lipinski definition) is 8. The van der Waals surface area contributed by atoms with Gasteiger partial charge in [0.1, 0.15) is 36.1 Å². The smallest absolute Gasteiger partial charge is 0.348 e. The van der Waals surface area contributed by atoms with Crippen LogP contribution in [-0.4, -0.2) is 79.7 Å². The van der Waals surface area contributed by atoms with Gasteiger partial charge in [-0.2, -0.15) is 0 Å². The van der Waals surface area contributed by atoms with Gasteiger partial charge in [-0.1, -0.05) is 18.2 Å². The fourth-order valence-electron chi connectivity index (χ4n) is 5.38. The molecular formula is C24H28NO7S+. The van der Waals surface area contributed by atoms with Crippen LogP contribution in [0.5, 0.6) is 5.75 Å². The number of nitrogens with zero attached hydrogens (tertiary/aromatic N) is 1. The van der Waals surface area contributed by atoms with Crippen molar-refractivity contribution in [1.82, 2.24) is 0 Å². The van der Waals surface area contributed by atoms with Gasteiger partial charge < -0.3 is 28.5 Å². The second-order valence-electron chi connectivity index (χ2n) is 9.40. The van der Waals surface area contributed by atoms with E-state index < -0.39 is 17.5 Å². The molecule has 0 amide bonds. The fraction of sp³-hybridized carbons (Fsp3) is 0.500. The molecule has 3 aliphatic rings. The van der Waals surface area contributed by atoms with Gasteiger partial charge >= 0.3 is 11.9 Å². The number of quaternary nitrogens is 1. The summed E-state index contributed by atoms with van der Waals surface area (Å²) in [6, 6.07) is 10.5. The van der Waals surface area contributed by atoms with Crippen molar-refractivity contribution < 1.29 is 38.1 Å². The second-order valence-corrected chi connectivity index (χ2v) is 10.4. The largest absolute Gasteiger partial charge is 0.482 e. The molecule has 176 valence electrons. The van der Waals surface area contributed by atoms with Crippen molar-refractivity contribution in [1.29, 1.82) is 0 Å². The standard InChI is InChI=1S/C24H28NO7S/c1-25(2)17-11-16(12-18(25)22-21(17)32-22)31-23(27)24(28,19-5-4-10-33-19)14-6-8-15(9-7-14)30-13-20(26)29-3/h4-10,16-18,21-22,28H,11-13H2,1-3H3/q+1/t16?,17-,18+,21-,22+,24?. The summed E-state index contributed by atoms with van der Waals surface area (Å²) >= 11 is 1.29. The number of likely N-dealkylation sites (N-methyl/N-ethyl adjacent to an activating group) is 1. The number of morpholine rings is 1. The van der Waals surface area contributed by atoms with Gasteiger partial charge in [0.25, 0.3) is 0 Å². The first-order valence-electron chi connectivity index (χ1n) is 11.0. The van der Waals surface area contributed by atoms with Gasteiger partial charge in [0, 0.05) is 18.4 Å². The zero-order valence-corrected chi connectivity index (χ0v) is 19.6. The van der Waals surface area contributed by atoms with Crippen molar-refractivity contribution in [2.24, 2.45) is 0 Å². The van der Waals surface area contributed by atoms with E-state index in [4.69, 9.17) is 14.2 Å². The number of esters is 2. The van der Waals surface area contributed by atoms with Gasteiger partial charge in [0.15, 0.2) is 6.61 Å². The first-order chi connectivity index (χ1) is 15.7. The maximum absolute atomic E-state index is 13.5. The quantitative estimate of drug-likeness (QED) is 0.372. The van der Waals surface area contributed by atoms with Crippen molar-refractivity contribution in [2.45, 2.75) is 48.8 Å². The third-order valence-electron chi connectivity index (χ3n) is 7.34. The number of carbonyl (C=O) groups excluding carboxylic acids is 2. The lowest BCUT2D eigenvalue weighted by atomic mass is 9.91. The summed E-state index contributed by atoms with van der Waals surface area (Å²) in [5.74, 6) is -0.752. The van der Waals surface area contributed by atoms with E-state index in [1.54, 1.807) is 36.4 Å². The zero-order valence-electron chi connectivity index (χ0n) is 18.8. The van der Waals surface area contributed by atoms with E-state index in [1.165, 1.54) is 18.4 Å². The van der Waals surface area contributed by atoms with Crippen LogP contribution in [0.25, 0.3) is 0 Å². The summed E-state index contributed by atoms with van der Waals surface area (Å²) in [7, 11) is 5.72. The average Bonchev–Trinajstić information content (AvgIpc) is 3.35. The molecule has 3 fully saturated rings. The van der Waals surface area contributed by atoms with Crippen molar-refractivity contribution >= 4 is 23.3 Å². The Kier molecular flexibility index (Phi) is 5.48. The van der Waals surface area contributed by atoms with E-state index in [0.717, 1.165) is 17.3 Å². The van der Waals surface area contributed by atoms with Crippen LogP contribution in [0.2, 0.25) is 0 Å². The summed E-state index contributed by atoms with van der Waals surface area (Å²) in [5.41, 5.74) is -1.56. The third-order valence-corrected chi connectivity index (χ3v) is 8.32. The fourth-order valence-corrected chi connectivity index (χ4v) is 6.21. The highest BCUT2D eigenvalue weighted by molar-refractivity contribution is 7.10. The molecule has 1 N–H and O–H groups in total. The number of fused-ring (bicyclic) bond motifs is 5. The number of benzene rings is 1. The number of aliphatic hydroxyl groups is 1. The molecule has 0 radical (unpaired) electrons. The molecule has 1 aromatic carbocycles. The van der Waals surface area contributed by atoms with Gasteiger partial charge in [0.05, 0.1) is 26.1 Å². The highest BCUT2D eigenvalue weighted by atomic mass is 32.1. The first-order valence-corrected chi connectivity index (χ1v) is 11.9. The summed E-state index contributed by atoms with van der Waals surface area (Å²) in [5, 5.41) is 13.5. The minimum atomic E-state index is -1.94. The lowest BCUT2D eigenvalue weighted by molar-refractivity contribution is -0.938. The first kappa shape index (κ1) is 22.3. The number of hydrogen-bond donors (Lipinski definition) is 1. The highest BCUT2D eigenvalue weighted by Gasteiger charge is 2.71. The maximum Gasteiger partial charge on any atom is 0.348 e. The van der Waals surface area contributed by atoms with Crippen LogP contribution < -0.4 is 4.74 Å². The number of ether oxygens (including phenoxy) is 4. The molecule has 5 rings (SSSR count). The highest BCUT2D eigenvalue weighted by Crippen LogP contribution is 2.52. The molecule has 4 heterocycles. The molecule has 0 spiro atoms. The number of rotatable bonds is 7. The van der Waals surface area contributed by atoms with Gasteiger partial charge in [0.2, 0.25) is 5.60 Å². The van der Waals surface area contributed by atoms with Crippen LogP contribution in [0.1, 0.15) is 23.3 Å². The molecule has 0 aliphatic carbocycles. The van der Waals surface area contributed by atoms with E-state index in [-0.39, 0.29) is 24.9 Å². The predicted molar refractivity (Wildman–Crippen MR) is 119 cm³/mol. The van der Waals surface area contributed by atoms with E-state index in [9.17, 15) is 14.7 Å². The van der Waals surface area contributed by atoms with E-state index in [0.29, 0.717) is 28.3 Å². The molecule has 0 saturated carbocycles. The van der Waals surface area contributed by atoms with Gasteiger partial charge in [-0.05, 0) is 23.6 Å². The Balaban J connectivity index is 1.35. The molecule has 3 saturated heterocycles. The van der Waals surface area contributed by atoms with Crippen LogP contribution in [0, 0.1) is 0 Å². The molecular weight excluding hydrogens is 446 g/mol. The normalized spacial score (nSPS) is 30.6. The Hall–Kier alpha value is -2.46. The van der Waals surface area contributed by atoms with E-state index >= 15 is 0 Å². The van der Waals surface area contributed by atoms with Crippen molar-refractivity contribution in [3.8, 4) is 5.75 Å². The number of piperidine rings is 1. The Morgan fingerprint density at radius 1 is 1.15 bits per heavy atom. The Labute approximate surface area is 196 Å². The molecule has 9 heteroatoms. The monoisotopic (exact) mass is 474 g/mol. The summed E-state index contributed by atoms with van der Waals surface area (Å²) in [6.45, 7) is -0.225. The van der Waals surface area contributed by atoms with Crippen LogP contribution in [-0.2, 0) is 29.4 Å². The van der Waals surface area contributed by atoms with Crippen molar-refractivity contribution in [3.63, 3.8) is 0 Å². The van der Waals surface area contributed by atoms with Crippen LogP contribution in [0.4, 0.5) is 0 Å². The average molecular weight is 475 g/mol. The maximum atomic E-state index is 13.5.